The fraction of sp³-hybridized carbons (Fsp3) is 0.300. The standard InChI is InChI=1S/C20H21ClN4O/c1-26-19-5-3-2-4-18(19)25-9-8-14(12-25)11-22-20-16-7-6-15(21)10-17(16)23-13-24-20/h2-7,10,13-14H,8-9,11-12H2,1H3,(H,22,23,24). The molecule has 0 spiro atoms. The summed E-state index contributed by atoms with van der Waals surface area (Å²) in [5.41, 5.74) is 2.02. The molecule has 0 saturated carbocycles. The number of hydrogen-bond donors (Lipinski definition) is 1. The number of nitrogens with zero attached hydrogens (tertiary/aromatic N) is 3. The average molecular weight is 369 g/mol. The number of aromatic nitrogens is 2. The van der Waals surface area contributed by atoms with Crippen LogP contribution in [-0.4, -0.2) is 36.7 Å². The lowest BCUT2D eigenvalue weighted by atomic mass is 10.1. The molecule has 1 aromatic heterocycles. The molecule has 3 aromatic rings. The molecule has 5 nitrogen and oxygen atoms in total. The molecule has 4 rings (SSSR count). The number of ether oxygens (including phenoxy) is 1. The van der Waals surface area contributed by atoms with E-state index in [0.717, 1.165) is 48.5 Å². The predicted molar refractivity (Wildman–Crippen MR) is 106 cm³/mol. The van der Waals surface area contributed by atoms with Crippen LogP contribution in [0.2, 0.25) is 5.02 Å². The van der Waals surface area contributed by atoms with Crippen molar-refractivity contribution in [3.05, 3.63) is 53.8 Å². The highest BCUT2D eigenvalue weighted by atomic mass is 35.5. The third-order valence-electron chi connectivity index (χ3n) is 4.87. The Labute approximate surface area is 158 Å². The van der Waals surface area contributed by atoms with Gasteiger partial charge in [0.25, 0.3) is 0 Å². The summed E-state index contributed by atoms with van der Waals surface area (Å²) < 4.78 is 5.50. The van der Waals surface area contributed by atoms with Crippen LogP contribution in [0.4, 0.5) is 11.5 Å². The van der Waals surface area contributed by atoms with E-state index in [0.29, 0.717) is 10.9 Å². The molecule has 1 saturated heterocycles. The molecule has 134 valence electrons. The maximum Gasteiger partial charge on any atom is 0.142 e. The van der Waals surface area contributed by atoms with Crippen molar-refractivity contribution < 1.29 is 4.74 Å². The normalized spacial score (nSPS) is 16.8. The summed E-state index contributed by atoms with van der Waals surface area (Å²) >= 11 is 6.05. The molecular weight excluding hydrogens is 348 g/mol. The first-order valence-corrected chi connectivity index (χ1v) is 9.14. The number of rotatable bonds is 5. The molecule has 1 aliphatic rings. The first kappa shape index (κ1) is 16.9. The Bertz CT molecular complexity index is 917. The third kappa shape index (κ3) is 3.40. The Hall–Kier alpha value is -2.53. The molecule has 1 aliphatic heterocycles. The van der Waals surface area contributed by atoms with Gasteiger partial charge in [0, 0.05) is 30.0 Å². The van der Waals surface area contributed by atoms with Crippen molar-refractivity contribution in [2.45, 2.75) is 6.42 Å². The van der Waals surface area contributed by atoms with Crippen LogP contribution in [0, 0.1) is 5.92 Å². The monoisotopic (exact) mass is 368 g/mol. The molecule has 2 heterocycles. The minimum Gasteiger partial charge on any atom is -0.495 e. The van der Waals surface area contributed by atoms with Crippen molar-refractivity contribution in [1.82, 2.24) is 9.97 Å². The zero-order valence-electron chi connectivity index (χ0n) is 14.7. The number of fused-ring (bicyclic) bond motifs is 1. The molecule has 0 bridgehead atoms. The summed E-state index contributed by atoms with van der Waals surface area (Å²) in [6.45, 7) is 2.91. The van der Waals surface area contributed by atoms with Gasteiger partial charge in [-0.3, -0.25) is 0 Å². The molecule has 1 unspecified atom stereocenters. The van der Waals surface area contributed by atoms with Gasteiger partial charge >= 0.3 is 0 Å². The lowest BCUT2D eigenvalue weighted by Gasteiger charge is -2.21. The molecule has 26 heavy (non-hydrogen) atoms. The summed E-state index contributed by atoms with van der Waals surface area (Å²) in [5, 5.41) is 5.18. The Morgan fingerprint density at radius 3 is 3.00 bits per heavy atom. The Morgan fingerprint density at radius 1 is 1.23 bits per heavy atom. The number of halogens is 1. The highest BCUT2D eigenvalue weighted by Gasteiger charge is 2.24. The topological polar surface area (TPSA) is 50.3 Å². The van der Waals surface area contributed by atoms with Gasteiger partial charge in [-0.15, -0.1) is 0 Å². The Kier molecular flexibility index (Phi) is 4.80. The van der Waals surface area contributed by atoms with E-state index >= 15 is 0 Å². The highest BCUT2D eigenvalue weighted by molar-refractivity contribution is 6.31. The maximum atomic E-state index is 6.05. The third-order valence-corrected chi connectivity index (χ3v) is 5.10. The van der Waals surface area contributed by atoms with Crippen molar-refractivity contribution in [2.75, 3.05) is 37.0 Å². The van der Waals surface area contributed by atoms with E-state index in [9.17, 15) is 0 Å². The smallest absolute Gasteiger partial charge is 0.142 e. The van der Waals surface area contributed by atoms with Crippen molar-refractivity contribution in [1.29, 1.82) is 0 Å². The number of anilines is 2. The molecular formula is C20H21ClN4O. The van der Waals surface area contributed by atoms with E-state index in [1.807, 2.05) is 30.3 Å². The maximum absolute atomic E-state index is 6.05. The average Bonchev–Trinajstić information content (AvgIpc) is 3.14. The molecule has 1 atom stereocenters. The Morgan fingerprint density at radius 2 is 2.12 bits per heavy atom. The van der Waals surface area contributed by atoms with E-state index < -0.39 is 0 Å². The van der Waals surface area contributed by atoms with Crippen LogP contribution in [-0.2, 0) is 0 Å². The van der Waals surface area contributed by atoms with Gasteiger partial charge in [-0.2, -0.15) is 0 Å². The van der Waals surface area contributed by atoms with Gasteiger partial charge in [-0.25, -0.2) is 9.97 Å². The van der Waals surface area contributed by atoms with Crippen molar-refractivity contribution in [3.8, 4) is 5.75 Å². The van der Waals surface area contributed by atoms with Crippen LogP contribution in [0.1, 0.15) is 6.42 Å². The largest absolute Gasteiger partial charge is 0.495 e. The second-order valence-corrected chi connectivity index (χ2v) is 6.97. The van der Waals surface area contributed by atoms with Crippen LogP contribution in [0.5, 0.6) is 5.75 Å². The summed E-state index contributed by atoms with van der Waals surface area (Å²) in [4.78, 5) is 11.1. The van der Waals surface area contributed by atoms with Crippen molar-refractivity contribution >= 4 is 34.0 Å². The summed E-state index contributed by atoms with van der Waals surface area (Å²) in [6, 6.07) is 13.9. The molecule has 1 fully saturated rings. The van der Waals surface area contributed by atoms with Crippen LogP contribution >= 0.6 is 11.6 Å². The zero-order chi connectivity index (χ0) is 17.9. The van der Waals surface area contributed by atoms with E-state index in [1.54, 1.807) is 13.4 Å². The van der Waals surface area contributed by atoms with Gasteiger partial charge in [0.2, 0.25) is 0 Å². The second-order valence-electron chi connectivity index (χ2n) is 6.54. The number of benzene rings is 2. The number of para-hydroxylation sites is 2. The van der Waals surface area contributed by atoms with Crippen LogP contribution < -0.4 is 15.0 Å². The van der Waals surface area contributed by atoms with E-state index in [4.69, 9.17) is 16.3 Å². The van der Waals surface area contributed by atoms with E-state index in [-0.39, 0.29) is 0 Å². The molecule has 0 amide bonds. The van der Waals surface area contributed by atoms with Gasteiger partial charge in [0.1, 0.15) is 17.9 Å². The van der Waals surface area contributed by atoms with Gasteiger partial charge in [0.15, 0.2) is 0 Å². The highest BCUT2D eigenvalue weighted by Crippen LogP contribution is 2.32. The van der Waals surface area contributed by atoms with Crippen molar-refractivity contribution in [2.24, 2.45) is 5.92 Å². The van der Waals surface area contributed by atoms with Crippen LogP contribution in [0.3, 0.4) is 0 Å². The summed E-state index contributed by atoms with van der Waals surface area (Å²) in [6.07, 6.45) is 2.72. The summed E-state index contributed by atoms with van der Waals surface area (Å²) in [7, 11) is 1.72. The SMILES string of the molecule is COc1ccccc1N1CCC(CNc2ncnc3cc(Cl)ccc23)C1. The quantitative estimate of drug-likeness (QED) is 0.730. The number of nitrogens with one attached hydrogen (secondary N) is 1. The van der Waals surface area contributed by atoms with Gasteiger partial charge < -0.3 is 15.0 Å². The van der Waals surface area contributed by atoms with Crippen LogP contribution in [0.25, 0.3) is 10.9 Å². The minimum absolute atomic E-state index is 0.553. The molecule has 2 aromatic carbocycles. The lowest BCUT2D eigenvalue weighted by Crippen LogP contribution is -2.23. The predicted octanol–water partition coefficient (Wildman–Crippen LogP) is 4.23. The lowest BCUT2D eigenvalue weighted by molar-refractivity contribution is 0.414. The molecule has 1 N–H and O–H groups in total. The number of methoxy groups -OCH3 is 1. The number of hydrogen-bond acceptors (Lipinski definition) is 5. The fourth-order valence-corrected chi connectivity index (χ4v) is 3.69. The van der Waals surface area contributed by atoms with E-state index in [1.165, 1.54) is 5.69 Å². The van der Waals surface area contributed by atoms with Gasteiger partial charge in [-0.1, -0.05) is 23.7 Å². The second kappa shape index (κ2) is 7.38. The first-order chi connectivity index (χ1) is 12.7. The van der Waals surface area contributed by atoms with E-state index in [2.05, 4.69) is 32.3 Å². The van der Waals surface area contributed by atoms with Gasteiger partial charge in [-0.05, 0) is 42.7 Å². The fourth-order valence-electron chi connectivity index (χ4n) is 3.52. The first-order valence-electron chi connectivity index (χ1n) is 8.76. The van der Waals surface area contributed by atoms with Crippen LogP contribution in [0.15, 0.2) is 48.8 Å². The minimum atomic E-state index is 0.553. The summed E-state index contributed by atoms with van der Waals surface area (Å²) in [5.74, 6) is 2.35. The Balaban J connectivity index is 1.44. The molecule has 0 aliphatic carbocycles. The molecule has 6 heteroatoms. The molecule has 0 radical (unpaired) electrons. The van der Waals surface area contributed by atoms with Gasteiger partial charge in [0.05, 0.1) is 18.3 Å². The zero-order valence-corrected chi connectivity index (χ0v) is 15.4. The van der Waals surface area contributed by atoms with Crippen molar-refractivity contribution in [3.63, 3.8) is 0 Å².